The molecule has 3 nitrogen and oxygen atoms in total. The second kappa shape index (κ2) is 4.61. The fraction of sp³-hybridized carbons (Fsp3) is 0.250. The van der Waals surface area contributed by atoms with Gasteiger partial charge in [-0.3, -0.25) is 4.99 Å². The van der Waals surface area contributed by atoms with Gasteiger partial charge in [-0.2, -0.15) is 0 Å². The molecule has 0 atom stereocenters. The van der Waals surface area contributed by atoms with Gasteiger partial charge in [0.05, 0.1) is 6.54 Å². The van der Waals surface area contributed by atoms with E-state index in [4.69, 9.17) is 5.73 Å². The number of hydrogen-bond donors (Lipinski definition) is 2. The topological polar surface area (TPSA) is 50.4 Å². The lowest BCUT2D eigenvalue weighted by Gasteiger charge is -2.07. The van der Waals surface area contributed by atoms with Crippen molar-refractivity contribution in [2.45, 2.75) is 18.7 Å². The molecule has 0 bridgehead atoms. The van der Waals surface area contributed by atoms with E-state index in [9.17, 15) is 0 Å². The van der Waals surface area contributed by atoms with Crippen LogP contribution in [0.15, 0.2) is 45.4 Å². The monoisotopic (exact) mass is 233 g/mol. The summed E-state index contributed by atoms with van der Waals surface area (Å²) < 4.78 is 3.34. The first-order chi connectivity index (χ1) is 7.66. The minimum Gasteiger partial charge on any atom is -0.399 e. The maximum atomic E-state index is 5.63. The lowest BCUT2D eigenvalue weighted by Crippen LogP contribution is -2.06. The molecule has 1 aliphatic rings. The molecule has 1 aromatic carbocycles. The number of anilines is 1. The molecule has 1 heterocycles. The molecule has 0 spiro atoms. The molecule has 4 heteroatoms. The van der Waals surface area contributed by atoms with E-state index < -0.39 is 0 Å². The van der Waals surface area contributed by atoms with Crippen LogP contribution in [-0.2, 0) is 0 Å². The summed E-state index contributed by atoms with van der Waals surface area (Å²) in [7, 11) is 0. The largest absolute Gasteiger partial charge is 0.399 e. The minimum atomic E-state index is 0.764. The smallest absolute Gasteiger partial charge is 0.0801 e. The molecule has 0 amide bonds. The Kier molecular flexibility index (Phi) is 3.19. The standard InChI is InChI=1S/C12H15N3S/c1-8-9(2)14-7-12(8)15-16-11-5-3-10(13)4-6-11/h3-6,15H,7,13H2,1-2H3. The maximum absolute atomic E-state index is 5.63. The molecule has 0 fully saturated rings. The van der Waals surface area contributed by atoms with Gasteiger partial charge < -0.3 is 10.5 Å². The lowest BCUT2D eigenvalue weighted by atomic mass is 10.2. The van der Waals surface area contributed by atoms with Crippen LogP contribution in [0.3, 0.4) is 0 Å². The van der Waals surface area contributed by atoms with Gasteiger partial charge in [0.25, 0.3) is 0 Å². The van der Waals surface area contributed by atoms with Crippen LogP contribution in [0, 0.1) is 0 Å². The average molecular weight is 233 g/mol. The number of nitrogen functional groups attached to an aromatic ring is 1. The van der Waals surface area contributed by atoms with Crippen molar-refractivity contribution in [2.75, 3.05) is 12.3 Å². The summed E-state index contributed by atoms with van der Waals surface area (Å²) in [5.41, 5.74) is 9.99. The van der Waals surface area contributed by atoms with Crippen LogP contribution in [0.4, 0.5) is 5.69 Å². The second-order valence-corrected chi connectivity index (χ2v) is 4.66. The first-order valence-electron chi connectivity index (χ1n) is 5.16. The van der Waals surface area contributed by atoms with Gasteiger partial charge in [0.2, 0.25) is 0 Å². The zero-order valence-corrected chi connectivity index (χ0v) is 10.3. The Balaban J connectivity index is 1.96. The van der Waals surface area contributed by atoms with Crippen LogP contribution in [0.2, 0.25) is 0 Å². The zero-order valence-electron chi connectivity index (χ0n) is 9.45. The second-order valence-electron chi connectivity index (χ2n) is 3.78. The number of benzene rings is 1. The average Bonchev–Trinajstić information content (AvgIpc) is 2.60. The van der Waals surface area contributed by atoms with E-state index in [1.807, 2.05) is 31.2 Å². The van der Waals surface area contributed by atoms with E-state index in [1.165, 1.54) is 11.3 Å². The van der Waals surface area contributed by atoms with Crippen molar-refractivity contribution >= 4 is 23.3 Å². The van der Waals surface area contributed by atoms with E-state index in [0.29, 0.717) is 0 Å². The van der Waals surface area contributed by atoms with Crippen LogP contribution in [0.25, 0.3) is 0 Å². The number of nitrogens with zero attached hydrogens (tertiary/aromatic N) is 1. The van der Waals surface area contributed by atoms with Crippen molar-refractivity contribution in [3.8, 4) is 0 Å². The molecule has 0 saturated carbocycles. The summed E-state index contributed by atoms with van der Waals surface area (Å²) in [6, 6.07) is 7.82. The Morgan fingerprint density at radius 1 is 1.25 bits per heavy atom. The molecule has 0 aromatic heterocycles. The van der Waals surface area contributed by atoms with Crippen LogP contribution >= 0.6 is 11.9 Å². The van der Waals surface area contributed by atoms with Gasteiger partial charge in [-0.1, -0.05) is 0 Å². The number of hydrogen-bond acceptors (Lipinski definition) is 4. The minimum absolute atomic E-state index is 0.764. The van der Waals surface area contributed by atoms with Gasteiger partial charge in [-0.15, -0.1) is 0 Å². The number of allylic oxidation sites excluding steroid dienone is 1. The highest BCUT2D eigenvalue weighted by Crippen LogP contribution is 2.20. The summed E-state index contributed by atoms with van der Waals surface area (Å²) in [5, 5.41) is 0. The first kappa shape index (κ1) is 11.1. The van der Waals surface area contributed by atoms with Crippen molar-refractivity contribution in [1.29, 1.82) is 0 Å². The molecule has 2 rings (SSSR count). The zero-order chi connectivity index (χ0) is 11.5. The van der Waals surface area contributed by atoms with Crippen molar-refractivity contribution in [3.63, 3.8) is 0 Å². The molecular weight excluding hydrogens is 218 g/mol. The molecule has 0 saturated heterocycles. The highest BCUT2D eigenvalue weighted by Gasteiger charge is 2.11. The summed E-state index contributed by atoms with van der Waals surface area (Å²) in [6.07, 6.45) is 0. The van der Waals surface area contributed by atoms with Gasteiger partial charge in [0, 0.05) is 22.0 Å². The Bertz CT molecular complexity index is 446. The van der Waals surface area contributed by atoms with Crippen molar-refractivity contribution in [3.05, 3.63) is 35.5 Å². The molecule has 3 N–H and O–H groups in total. The molecular formula is C12H15N3S. The molecule has 0 unspecified atom stereocenters. The van der Waals surface area contributed by atoms with Crippen LogP contribution in [0.5, 0.6) is 0 Å². The van der Waals surface area contributed by atoms with Gasteiger partial charge in [0.15, 0.2) is 0 Å². The van der Waals surface area contributed by atoms with Crippen molar-refractivity contribution in [1.82, 2.24) is 4.72 Å². The van der Waals surface area contributed by atoms with Gasteiger partial charge in [-0.05, 0) is 55.6 Å². The van der Waals surface area contributed by atoms with E-state index >= 15 is 0 Å². The van der Waals surface area contributed by atoms with Crippen LogP contribution < -0.4 is 10.5 Å². The number of nitrogens with one attached hydrogen (secondary N) is 1. The SMILES string of the molecule is CC1=NCC(NSc2ccc(N)cc2)=C1C. The third-order valence-corrected chi connectivity index (χ3v) is 3.50. The molecule has 0 aliphatic carbocycles. The Morgan fingerprint density at radius 2 is 1.94 bits per heavy atom. The predicted molar refractivity (Wildman–Crippen MR) is 70.5 cm³/mol. The molecule has 1 aliphatic heterocycles. The summed E-state index contributed by atoms with van der Waals surface area (Å²) >= 11 is 1.60. The van der Waals surface area contributed by atoms with Gasteiger partial charge in [0.1, 0.15) is 0 Å². The maximum Gasteiger partial charge on any atom is 0.0801 e. The predicted octanol–water partition coefficient (Wildman–Crippen LogP) is 2.61. The molecule has 16 heavy (non-hydrogen) atoms. The fourth-order valence-corrected chi connectivity index (χ4v) is 2.15. The highest BCUT2D eigenvalue weighted by molar-refractivity contribution is 7.97. The van der Waals surface area contributed by atoms with E-state index in [-0.39, 0.29) is 0 Å². The molecule has 0 radical (unpaired) electrons. The van der Waals surface area contributed by atoms with E-state index in [2.05, 4.69) is 16.6 Å². The summed E-state index contributed by atoms with van der Waals surface area (Å²) in [4.78, 5) is 5.52. The van der Waals surface area contributed by atoms with Crippen molar-refractivity contribution in [2.24, 2.45) is 4.99 Å². The quantitative estimate of drug-likeness (QED) is 0.623. The summed E-state index contributed by atoms with van der Waals surface area (Å²) in [5.74, 6) is 0. The normalized spacial score (nSPS) is 15.2. The lowest BCUT2D eigenvalue weighted by molar-refractivity contribution is 1.07. The van der Waals surface area contributed by atoms with E-state index in [0.717, 1.165) is 22.8 Å². The van der Waals surface area contributed by atoms with E-state index in [1.54, 1.807) is 11.9 Å². The van der Waals surface area contributed by atoms with Crippen molar-refractivity contribution < 1.29 is 0 Å². The fourth-order valence-electron chi connectivity index (χ4n) is 1.42. The van der Waals surface area contributed by atoms with Crippen LogP contribution in [-0.4, -0.2) is 12.3 Å². The third-order valence-electron chi connectivity index (χ3n) is 2.64. The number of rotatable bonds is 3. The van der Waals surface area contributed by atoms with Gasteiger partial charge >= 0.3 is 0 Å². The Hall–Kier alpha value is -1.42. The Labute approximate surface area is 100.0 Å². The third kappa shape index (κ3) is 2.39. The first-order valence-corrected chi connectivity index (χ1v) is 5.98. The Morgan fingerprint density at radius 3 is 2.50 bits per heavy atom. The number of aliphatic imine (C=N–C) groups is 1. The molecule has 84 valence electrons. The summed E-state index contributed by atoms with van der Waals surface area (Å²) in [6.45, 7) is 4.90. The van der Waals surface area contributed by atoms with Crippen LogP contribution in [0.1, 0.15) is 13.8 Å². The number of nitrogens with two attached hydrogens (primary N) is 1. The molecule has 1 aromatic rings. The van der Waals surface area contributed by atoms with Gasteiger partial charge in [-0.25, -0.2) is 0 Å². The highest BCUT2D eigenvalue weighted by atomic mass is 32.2.